The Bertz CT molecular complexity index is 1150. The van der Waals surface area contributed by atoms with Crippen molar-refractivity contribution in [3.05, 3.63) is 89.1 Å². The molecule has 1 aliphatic heterocycles. The maximum Gasteiger partial charge on any atom is 0.289 e. The van der Waals surface area contributed by atoms with E-state index < -0.39 is 0 Å². The Hall–Kier alpha value is -3.65. The molecular weight excluding hydrogens is 449 g/mol. The third kappa shape index (κ3) is 6.48. The second-order valence-electron chi connectivity index (χ2n) is 8.69. The van der Waals surface area contributed by atoms with Crippen LogP contribution in [-0.2, 0) is 24.4 Å². The number of rotatable bonds is 8. The summed E-state index contributed by atoms with van der Waals surface area (Å²) >= 11 is 0. The first-order valence-electron chi connectivity index (χ1n) is 11.6. The average Bonchev–Trinajstić information content (AvgIpc) is 3.32. The van der Waals surface area contributed by atoms with Crippen LogP contribution in [0.5, 0.6) is 5.75 Å². The van der Waals surface area contributed by atoms with Crippen LogP contribution in [0.25, 0.3) is 0 Å². The first kappa shape index (κ1) is 24.5. The van der Waals surface area contributed by atoms with Gasteiger partial charge in [0.1, 0.15) is 17.3 Å². The molecule has 2 amide bonds. The molecule has 0 radical (unpaired) electrons. The van der Waals surface area contributed by atoms with E-state index in [1.807, 2.05) is 36.4 Å². The van der Waals surface area contributed by atoms with E-state index in [9.17, 15) is 14.0 Å². The van der Waals surface area contributed by atoms with Crippen LogP contribution >= 0.6 is 0 Å². The van der Waals surface area contributed by atoms with Crippen LogP contribution in [0.3, 0.4) is 0 Å². The summed E-state index contributed by atoms with van der Waals surface area (Å²) in [6, 6.07) is 17.9. The van der Waals surface area contributed by atoms with E-state index in [4.69, 9.17) is 9.15 Å². The molecule has 0 spiro atoms. The Labute approximate surface area is 204 Å². The third-order valence-electron chi connectivity index (χ3n) is 6.12. The minimum absolute atomic E-state index is 0.0210. The van der Waals surface area contributed by atoms with E-state index >= 15 is 0 Å². The number of benzene rings is 2. The number of amides is 2. The van der Waals surface area contributed by atoms with Crippen LogP contribution in [0.2, 0.25) is 0 Å². The van der Waals surface area contributed by atoms with Gasteiger partial charge in [0.25, 0.3) is 5.91 Å². The van der Waals surface area contributed by atoms with E-state index in [0.29, 0.717) is 51.6 Å². The van der Waals surface area contributed by atoms with E-state index in [1.165, 1.54) is 19.1 Å². The molecule has 35 heavy (non-hydrogen) atoms. The van der Waals surface area contributed by atoms with Gasteiger partial charge in [0.05, 0.1) is 13.7 Å². The van der Waals surface area contributed by atoms with Gasteiger partial charge in [0, 0.05) is 46.2 Å². The van der Waals surface area contributed by atoms with Crippen molar-refractivity contribution in [2.45, 2.75) is 26.6 Å². The summed E-state index contributed by atoms with van der Waals surface area (Å²) in [5, 5.41) is 0. The number of nitrogens with zero attached hydrogens (tertiary/aromatic N) is 3. The SMILES string of the molecule is COc1ccc(CN(Cc2cccc(F)c2)Cc2ccc(C(=O)N3CCN(C(C)=O)CC3)o2)cc1. The molecule has 184 valence electrons. The number of ether oxygens (including phenoxy) is 1. The van der Waals surface area contributed by atoms with Crippen molar-refractivity contribution in [1.29, 1.82) is 0 Å². The molecule has 8 heteroatoms. The topological polar surface area (TPSA) is 66.2 Å². The molecule has 0 aliphatic carbocycles. The maximum absolute atomic E-state index is 13.8. The van der Waals surface area contributed by atoms with Gasteiger partial charge in [-0.3, -0.25) is 14.5 Å². The minimum atomic E-state index is -0.275. The lowest BCUT2D eigenvalue weighted by atomic mass is 10.1. The summed E-state index contributed by atoms with van der Waals surface area (Å²) in [6.07, 6.45) is 0. The van der Waals surface area contributed by atoms with E-state index in [-0.39, 0.29) is 23.4 Å². The van der Waals surface area contributed by atoms with E-state index in [1.54, 1.807) is 29.0 Å². The van der Waals surface area contributed by atoms with Crippen molar-refractivity contribution in [1.82, 2.24) is 14.7 Å². The number of halogens is 1. The number of piperazine rings is 1. The van der Waals surface area contributed by atoms with Gasteiger partial charge in [0.15, 0.2) is 5.76 Å². The summed E-state index contributed by atoms with van der Waals surface area (Å²) in [5.41, 5.74) is 1.93. The molecule has 4 rings (SSSR count). The van der Waals surface area contributed by atoms with Crippen molar-refractivity contribution in [3.8, 4) is 5.75 Å². The quantitative estimate of drug-likeness (QED) is 0.490. The summed E-state index contributed by atoms with van der Waals surface area (Å²) in [7, 11) is 1.63. The molecule has 0 unspecified atom stereocenters. The Morgan fingerprint density at radius 2 is 1.60 bits per heavy atom. The highest BCUT2D eigenvalue weighted by Crippen LogP contribution is 2.20. The lowest BCUT2D eigenvalue weighted by Gasteiger charge is -2.33. The van der Waals surface area contributed by atoms with Crippen molar-refractivity contribution >= 4 is 11.8 Å². The van der Waals surface area contributed by atoms with Crippen LogP contribution in [0.4, 0.5) is 4.39 Å². The Balaban J connectivity index is 1.45. The fourth-order valence-corrected chi connectivity index (χ4v) is 4.23. The Morgan fingerprint density at radius 1 is 0.914 bits per heavy atom. The predicted octanol–water partition coefficient (Wildman–Crippen LogP) is 3.93. The van der Waals surface area contributed by atoms with E-state index in [2.05, 4.69) is 4.90 Å². The first-order chi connectivity index (χ1) is 16.9. The molecule has 3 aromatic rings. The summed E-state index contributed by atoms with van der Waals surface area (Å²) in [4.78, 5) is 30.0. The molecule has 1 aliphatic rings. The average molecular weight is 480 g/mol. The monoisotopic (exact) mass is 479 g/mol. The van der Waals surface area contributed by atoms with Crippen molar-refractivity contribution in [3.63, 3.8) is 0 Å². The number of hydrogen-bond donors (Lipinski definition) is 0. The highest BCUT2D eigenvalue weighted by atomic mass is 19.1. The number of carbonyl (C=O) groups is 2. The second-order valence-corrected chi connectivity index (χ2v) is 8.69. The zero-order valence-corrected chi connectivity index (χ0v) is 20.1. The number of furan rings is 1. The molecule has 0 atom stereocenters. The van der Waals surface area contributed by atoms with Gasteiger partial charge in [-0.2, -0.15) is 0 Å². The summed E-state index contributed by atoms with van der Waals surface area (Å²) in [6.45, 7) is 5.13. The second kappa shape index (κ2) is 11.2. The first-order valence-corrected chi connectivity index (χ1v) is 11.6. The molecule has 0 bridgehead atoms. The van der Waals surface area contributed by atoms with Gasteiger partial charge in [-0.05, 0) is 47.5 Å². The van der Waals surface area contributed by atoms with Gasteiger partial charge in [-0.15, -0.1) is 0 Å². The Morgan fingerprint density at radius 3 is 2.26 bits per heavy atom. The van der Waals surface area contributed by atoms with Crippen LogP contribution in [0, 0.1) is 5.82 Å². The van der Waals surface area contributed by atoms with E-state index in [0.717, 1.165) is 16.9 Å². The largest absolute Gasteiger partial charge is 0.497 e. The van der Waals surface area contributed by atoms with Crippen LogP contribution in [-0.4, -0.2) is 59.8 Å². The Kier molecular flexibility index (Phi) is 7.82. The van der Waals surface area contributed by atoms with Gasteiger partial charge in [-0.1, -0.05) is 24.3 Å². The zero-order valence-electron chi connectivity index (χ0n) is 20.1. The molecule has 2 heterocycles. The molecule has 0 N–H and O–H groups in total. The van der Waals surface area contributed by atoms with Gasteiger partial charge in [-0.25, -0.2) is 4.39 Å². The zero-order chi connectivity index (χ0) is 24.8. The fourth-order valence-electron chi connectivity index (χ4n) is 4.23. The summed E-state index contributed by atoms with van der Waals surface area (Å²) < 4.78 is 25.0. The normalized spacial score (nSPS) is 13.8. The van der Waals surface area contributed by atoms with Crippen LogP contribution < -0.4 is 4.74 Å². The highest BCUT2D eigenvalue weighted by Gasteiger charge is 2.25. The third-order valence-corrected chi connectivity index (χ3v) is 6.12. The van der Waals surface area contributed by atoms with Gasteiger partial charge < -0.3 is 19.0 Å². The molecule has 2 aromatic carbocycles. The maximum atomic E-state index is 13.8. The fraction of sp³-hybridized carbons (Fsp3) is 0.333. The van der Waals surface area contributed by atoms with Crippen molar-refractivity contribution in [2.24, 2.45) is 0 Å². The summed E-state index contributed by atoms with van der Waals surface area (Å²) in [5.74, 6) is 1.29. The number of hydrogen-bond acceptors (Lipinski definition) is 5. The minimum Gasteiger partial charge on any atom is -0.497 e. The smallest absolute Gasteiger partial charge is 0.289 e. The van der Waals surface area contributed by atoms with Crippen LogP contribution in [0.1, 0.15) is 34.4 Å². The highest BCUT2D eigenvalue weighted by molar-refractivity contribution is 5.91. The van der Waals surface area contributed by atoms with Gasteiger partial charge in [0.2, 0.25) is 5.91 Å². The van der Waals surface area contributed by atoms with Crippen molar-refractivity contribution in [2.75, 3.05) is 33.3 Å². The number of methoxy groups -OCH3 is 1. The van der Waals surface area contributed by atoms with Gasteiger partial charge >= 0.3 is 0 Å². The molecule has 1 aromatic heterocycles. The molecule has 1 saturated heterocycles. The van der Waals surface area contributed by atoms with Crippen LogP contribution in [0.15, 0.2) is 65.1 Å². The standard InChI is InChI=1S/C27H30FN3O4/c1-20(32)30-12-14-31(15-13-30)27(33)26-11-10-25(35-26)19-29(18-22-4-3-5-23(28)16-22)17-21-6-8-24(34-2)9-7-21/h3-11,16H,12-15,17-19H2,1-2H3. The lowest BCUT2D eigenvalue weighted by Crippen LogP contribution is -2.50. The number of carbonyl (C=O) groups excluding carboxylic acids is 2. The lowest BCUT2D eigenvalue weighted by molar-refractivity contribution is -0.130. The molecule has 0 saturated carbocycles. The van der Waals surface area contributed by atoms with Crippen molar-refractivity contribution < 1.29 is 23.1 Å². The molecular formula is C27H30FN3O4. The predicted molar refractivity (Wildman–Crippen MR) is 129 cm³/mol. The molecule has 7 nitrogen and oxygen atoms in total. The molecule has 1 fully saturated rings.